The maximum absolute atomic E-state index is 9.37. The van der Waals surface area contributed by atoms with E-state index in [1.165, 1.54) is 0 Å². The molecule has 0 heterocycles. The molecule has 0 fully saturated rings. The summed E-state index contributed by atoms with van der Waals surface area (Å²) in [6.45, 7) is 5.85. The molecule has 0 aliphatic carbocycles. The van der Waals surface area contributed by atoms with Crippen LogP contribution < -0.4 is 5.73 Å². The van der Waals surface area contributed by atoms with Gasteiger partial charge in [0.1, 0.15) is 0 Å². The van der Waals surface area contributed by atoms with E-state index >= 15 is 0 Å². The second kappa shape index (κ2) is 17.1. The molecular formula is C8H19NO4. The van der Waals surface area contributed by atoms with Gasteiger partial charge in [-0.25, -0.2) is 0 Å². The lowest BCUT2D eigenvalue weighted by Crippen LogP contribution is -1.87. The molecule has 0 atom stereocenters. The van der Waals surface area contributed by atoms with Crippen molar-refractivity contribution >= 4 is 11.9 Å². The van der Waals surface area contributed by atoms with E-state index in [2.05, 4.69) is 0 Å². The fourth-order valence-corrected chi connectivity index (χ4v) is 0. The molecule has 4 N–H and O–H groups in total. The molecule has 0 amide bonds. The first-order chi connectivity index (χ1) is 5.95. The third-order valence-electron chi connectivity index (χ3n) is 0.605. The monoisotopic (exact) mass is 193 g/mol. The van der Waals surface area contributed by atoms with E-state index in [4.69, 9.17) is 15.9 Å². The second-order valence-electron chi connectivity index (χ2n) is 1.90. The Labute approximate surface area is 78.6 Å². The molecule has 13 heavy (non-hydrogen) atoms. The molecule has 0 aromatic rings. The predicted molar refractivity (Wildman–Crippen MR) is 50.6 cm³/mol. The minimum Gasteiger partial charge on any atom is -0.481 e. The summed E-state index contributed by atoms with van der Waals surface area (Å²) in [5, 5.41) is 15.4. The van der Waals surface area contributed by atoms with Crippen molar-refractivity contribution in [3.05, 3.63) is 0 Å². The predicted octanol–water partition coefficient (Wildman–Crippen LogP) is 0.927. The van der Waals surface area contributed by atoms with E-state index < -0.39 is 11.9 Å². The highest BCUT2D eigenvalue weighted by Crippen LogP contribution is 1.67. The van der Waals surface area contributed by atoms with E-state index in [-0.39, 0.29) is 12.8 Å². The van der Waals surface area contributed by atoms with Crippen molar-refractivity contribution in [2.45, 2.75) is 33.6 Å². The van der Waals surface area contributed by atoms with E-state index in [1.54, 1.807) is 13.8 Å². The Morgan fingerprint density at radius 1 is 1.00 bits per heavy atom. The number of carbonyl (C=O) groups is 2. The Bertz CT molecular complexity index is 111. The molecule has 0 unspecified atom stereocenters. The quantitative estimate of drug-likeness (QED) is 0.605. The van der Waals surface area contributed by atoms with Crippen molar-refractivity contribution < 1.29 is 19.8 Å². The number of aliphatic carboxylic acids is 2. The van der Waals surface area contributed by atoms with E-state index in [0.717, 1.165) is 6.54 Å². The standard InChI is InChI=1S/2C3H6O2.C2H7N/c2*1-2-3(4)5;1-2-3/h2*2H2,1H3,(H,4,5);2-3H2,1H3. The molecule has 0 bridgehead atoms. The maximum Gasteiger partial charge on any atom is 0.303 e. The molecular weight excluding hydrogens is 174 g/mol. The summed E-state index contributed by atoms with van der Waals surface area (Å²) in [5.41, 5.74) is 4.85. The van der Waals surface area contributed by atoms with Crippen LogP contribution in [0.4, 0.5) is 0 Å². The van der Waals surface area contributed by atoms with Crippen molar-refractivity contribution in [1.82, 2.24) is 0 Å². The Hall–Kier alpha value is -1.10. The Morgan fingerprint density at radius 3 is 1.08 bits per heavy atom. The van der Waals surface area contributed by atoms with Crippen LogP contribution in [0.2, 0.25) is 0 Å². The minimum absolute atomic E-state index is 0.222. The van der Waals surface area contributed by atoms with Crippen LogP contribution in [0.25, 0.3) is 0 Å². The lowest BCUT2D eigenvalue weighted by molar-refractivity contribution is -0.137. The first-order valence-electron chi connectivity index (χ1n) is 4.09. The molecule has 0 radical (unpaired) electrons. The largest absolute Gasteiger partial charge is 0.481 e. The van der Waals surface area contributed by atoms with Gasteiger partial charge in [-0.2, -0.15) is 0 Å². The fourth-order valence-electron chi connectivity index (χ4n) is 0. The minimum atomic E-state index is -0.745. The molecule has 0 aliphatic rings. The van der Waals surface area contributed by atoms with Gasteiger partial charge in [0.25, 0.3) is 0 Å². The topological polar surface area (TPSA) is 101 Å². The summed E-state index contributed by atoms with van der Waals surface area (Å²) < 4.78 is 0. The third-order valence-corrected chi connectivity index (χ3v) is 0.605. The van der Waals surface area contributed by atoms with Gasteiger partial charge >= 0.3 is 11.9 Å². The van der Waals surface area contributed by atoms with Crippen molar-refractivity contribution in [1.29, 1.82) is 0 Å². The summed E-state index contributed by atoms with van der Waals surface area (Å²) in [7, 11) is 0. The van der Waals surface area contributed by atoms with Crippen LogP contribution in [0.5, 0.6) is 0 Å². The summed E-state index contributed by atoms with van der Waals surface area (Å²) in [4.78, 5) is 18.7. The number of carboxylic acids is 2. The average molecular weight is 193 g/mol. The maximum atomic E-state index is 9.37. The summed E-state index contributed by atoms with van der Waals surface area (Å²) >= 11 is 0. The van der Waals surface area contributed by atoms with Gasteiger partial charge in [0.05, 0.1) is 0 Å². The van der Waals surface area contributed by atoms with Gasteiger partial charge < -0.3 is 15.9 Å². The van der Waals surface area contributed by atoms with Crippen molar-refractivity contribution in [2.24, 2.45) is 5.73 Å². The van der Waals surface area contributed by atoms with E-state index in [0.29, 0.717) is 0 Å². The molecule has 80 valence electrons. The molecule has 5 nitrogen and oxygen atoms in total. The van der Waals surface area contributed by atoms with Crippen LogP contribution in [-0.2, 0) is 9.59 Å². The Morgan fingerprint density at radius 2 is 1.08 bits per heavy atom. The Kier molecular flexibility index (Phi) is 23.5. The first kappa shape index (κ1) is 17.8. The van der Waals surface area contributed by atoms with Gasteiger partial charge in [-0.05, 0) is 6.54 Å². The highest BCUT2D eigenvalue weighted by Gasteiger charge is 1.81. The third kappa shape index (κ3) is 103. The number of rotatable bonds is 2. The molecule has 5 heteroatoms. The van der Waals surface area contributed by atoms with Crippen LogP contribution in [-0.4, -0.2) is 28.7 Å². The molecule has 0 rings (SSSR count). The van der Waals surface area contributed by atoms with Gasteiger partial charge in [-0.15, -0.1) is 0 Å². The highest BCUT2D eigenvalue weighted by molar-refractivity contribution is 5.66. The zero-order valence-corrected chi connectivity index (χ0v) is 8.41. The Balaban J connectivity index is -0.000000120. The number of hydrogen-bond acceptors (Lipinski definition) is 3. The van der Waals surface area contributed by atoms with Crippen LogP contribution in [0.15, 0.2) is 0 Å². The van der Waals surface area contributed by atoms with Gasteiger partial charge in [-0.3, -0.25) is 9.59 Å². The van der Waals surface area contributed by atoms with Gasteiger partial charge in [0.15, 0.2) is 0 Å². The van der Waals surface area contributed by atoms with Crippen LogP contribution >= 0.6 is 0 Å². The number of nitrogens with two attached hydrogens (primary N) is 1. The summed E-state index contributed by atoms with van der Waals surface area (Å²) in [6, 6.07) is 0. The second-order valence-corrected chi connectivity index (χ2v) is 1.90. The van der Waals surface area contributed by atoms with Crippen molar-refractivity contribution in [2.75, 3.05) is 6.54 Å². The lowest BCUT2D eigenvalue weighted by Gasteiger charge is -1.71. The number of carboxylic acid groups (broad SMARTS) is 2. The average Bonchev–Trinajstić information content (AvgIpc) is 2.07. The molecule has 0 aliphatic heterocycles. The van der Waals surface area contributed by atoms with E-state index in [9.17, 15) is 9.59 Å². The van der Waals surface area contributed by atoms with Crippen LogP contribution in [0, 0.1) is 0 Å². The van der Waals surface area contributed by atoms with Gasteiger partial charge in [0.2, 0.25) is 0 Å². The zero-order valence-electron chi connectivity index (χ0n) is 8.41. The summed E-state index contributed by atoms with van der Waals surface area (Å²) in [6.07, 6.45) is 0.444. The molecule has 0 saturated carbocycles. The zero-order chi connectivity index (χ0) is 11.3. The van der Waals surface area contributed by atoms with Crippen LogP contribution in [0.1, 0.15) is 33.6 Å². The molecule has 0 saturated heterocycles. The van der Waals surface area contributed by atoms with E-state index in [1.807, 2.05) is 6.92 Å². The first-order valence-corrected chi connectivity index (χ1v) is 4.09. The lowest BCUT2D eigenvalue weighted by atomic mass is 10.5. The van der Waals surface area contributed by atoms with Gasteiger partial charge in [-0.1, -0.05) is 20.8 Å². The smallest absolute Gasteiger partial charge is 0.303 e. The van der Waals surface area contributed by atoms with Crippen LogP contribution in [0.3, 0.4) is 0 Å². The molecule has 0 spiro atoms. The SMILES string of the molecule is CCC(=O)O.CCC(=O)O.CCN. The summed E-state index contributed by atoms with van der Waals surface area (Å²) in [5.74, 6) is -1.49. The highest BCUT2D eigenvalue weighted by atomic mass is 16.4. The fraction of sp³-hybridized carbons (Fsp3) is 0.750. The number of hydrogen-bond donors (Lipinski definition) is 3. The molecule has 0 aromatic carbocycles. The van der Waals surface area contributed by atoms with Gasteiger partial charge in [0, 0.05) is 12.8 Å². The van der Waals surface area contributed by atoms with Crippen molar-refractivity contribution in [3.63, 3.8) is 0 Å². The molecule has 0 aromatic heterocycles. The van der Waals surface area contributed by atoms with Crippen molar-refractivity contribution in [3.8, 4) is 0 Å². The normalized spacial score (nSPS) is 7.08.